The molecular weight excluding hydrogens is 403 g/mol. The van der Waals surface area contributed by atoms with Crippen molar-refractivity contribution in [1.29, 1.82) is 0 Å². The van der Waals surface area contributed by atoms with Crippen LogP contribution in [0.25, 0.3) is 0 Å². The average Bonchev–Trinajstić information content (AvgIpc) is 3.19. The second kappa shape index (κ2) is 7.57. The summed E-state index contributed by atoms with van der Waals surface area (Å²) < 4.78 is 0. The summed E-state index contributed by atoms with van der Waals surface area (Å²) in [4.78, 5) is 20.5. The molecule has 1 aliphatic heterocycles. The maximum atomic E-state index is 11.9. The zero-order valence-corrected chi connectivity index (χ0v) is 17.0. The van der Waals surface area contributed by atoms with Crippen LogP contribution in [0, 0.1) is 11.3 Å². The van der Waals surface area contributed by atoms with Gasteiger partial charge in [0.05, 0.1) is 0 Å². The predicted octanol–water partition coefficient (Wildman–Crippen LogP) is 2.31. The lowest BCUT2D eigenvalue weighted by Crippen LogP contribution is -2.46. The number of hydrogen-bond acceptors (Lipinski definition) is 2. The average molecular weight is 434 g/mol. The van der Waals surface area contributed by atoms with E-state index < -0.39 is 0 Å². The number of carbonyl (C=O) groups is 1. The molecular formula is C17H31IN4O. The lowest BCUT2D eigenvalue weighted by Gasteiger charge is -2.38. The number of nitrogens with zero attached hydrogens (tertiary/aromatic N) is 3. The Kier molecular flexibility index (Phi) is 6.19. The Bertz CT molecular complexity index is 458. The number of carbonyl (C=O) groups excluding carboxylic acids is 1. The first-order chi connectivity index (χ1) is 10.5. The van der Waals surface area contributed by atoms with Gasteiger partial charge in [-0.2, -0.15) is 0 Å². The Balaban J connectivity index is 0.00000192. The molecule has 1 N–H and O–H groups in total. The van der Waals surface area contributed by atoms with Crippen LogP contribution >= 0.6 is 24.0 Å². The van der Waals surface area contributed by atoms with Gasteiger partial charge in [0, 0.05) is 33.2 Å². The molecule has 1 spiro atoms. The van der Waals surface area contributed by atoms with Gasteiger partial charge in [0.2, 0.25) is 5.91 Å². The summed E-state index contributed by atoms with van der Waals surface area (Å²) in [6.45, 7) is 4.69. The Hall–Kier alpha value is -0.530. The Morgan fingerprint density at radius 3 is 2.52 bits per heavy atom. The van der Waals surface area contributed by atoms with Gasteiger partial charge in [-0.1, -0.05) is 6.42 Å². The summed E-state index contributed by atoms with van der Waals surface area (Å²) in [5.74, 6) is 1.81. The molecule has 0 radical (unpaired) electrons. The minimum absolute atomic E-state index is 0. The summed E-state index contributed by atoms with van der Waals surface area (Å²) in [7, 11) is 3.58. The lowest BCUT2D eigenvalue weighted by molar-refractivity contribution is -0.127. The molecule has 0 aromatic carbocycles. The summed E-state index contributed by atoms with van der Waals surface area (Å²) in [5, 5.41) is 3.61. The molecule has 0 aromatic rings. The van der Waals surface area contributed by atoms with Gasteiger partial charge in [0.25, 0.3) is 0 Å². The third-order valence-electron chi connectivity index (χ3n) is 5.70. The topological polar surface area (TPSA) is 47.9 Å². The quantitative estimate of drug-likeness (QED) is 0.420. The van der Waals surface area contributed by atoms with Gasteiger partial charge in [-0.05, 0) is 50.4 Å². The van der Waals surface area contributed by atoms with E-state index in [4.69, 9.17) is 0 Å². The van der Waals surface area contributed by atoms with Crippen molar-refractivity contribution in [2.75, 3.05) is 33.7 Å². The number of likely N-dealkylation sites (N-methyl/N-ethyl adjacent to an activating group) is 1. The highest BCUT2D eigenvalue weighted by molar-refractivity contribution is 14.0. The number of guanidine groups is 1. The van der Waals surface area contributed by atoms with Crippen molar-refractivity contribution in [3.63, 3.8) is 0 Å². The number of aliphatic imine (C=N–C) groups is 1. The maximum Gasteiger partial charge on any atom is 0.243 e. The molecule has 2 saturated carbocycles. The minimum Gasteiger partial charge on any atom is -0.353 e. The fourth-order valence-corrected chi connectivity index (χ4v) is 3.64. The van der Waals surface area contributed by atoms with Crippen LogP contribution in [-0.4, -0.2) is 61.4 Å². The van der Waals surface area contributed by atoms with E-state index in [9.17, 15) is 4.79 Å². The number of halogens is 1. The van der Waals surface area contributed by atoms with E-state index >= 15 is 0 Å². The summed E-state index contributed by atoms with van der Waals surface area (Å²) in [6, 6.07) is 0.464. The molecule has 1 unspecified atom stereocenters. The Morgan fingerprint density at radius 1 is 1.35 bits per heavy atom. The van der Waals surface area contributed by atoms with E-state index in [-0.39, 0.29) is 36.4 Å². The van der Waals surface area contributed by atoms with E-state index in [1.54, 1.807) is 19.0 Å². The standard InChI is InChI=1S/C17H30N4O.HI/c1-13(14-5-6-14)19-16(18-11-15(22)20(2)3)21-10-9-17(12-21)7-4-8-17;/h13-14H,4-12H2,1-3H3,(H,18,19);1H. The third kappa shape index (κ3) is 4.51. The van der Waals surface area contributed by atoms with Crippen molar-refractivity contribution in [3.8, 4) is 0 Å². The Labute approximate surface area is 157 Å². The third-order valence-corrected chi connectivity index (χ3v) is 5.70. The van der Waals surface area contributed by atoms with Crippen molar-refractivity contribution in [2.45, 2.75) is 51.5 Å². The van der Waals surface area contributed by atoms with Crippen LogP contribution in [-0.2, 0) is 4.79 Å². The molecule has 2 aliphatic carbocycles. The molecule has 6 heteroatoms. The van der Waals surface area contributed by atoms with Crippen molar-refractivity contribution in [1.82, 2.24) is 15.1 Å². The van der Waals surface area contributed by atoms with E-state index in [1.807, 2.05) is 0 Å². The highest BCUT2D eigenvalue weighted by Crippen LogP contribution is 2.48. The molecule has 0 aromatic heterocycles. The van der Waals surface area contributed by atoms with Crippen LogP contribution in [0.1, 0.15) is 45.4 Å². The van der Waals surface area contributed by atoms with E-state index in [0.717, 1.165) is 25.0 Å². The van der Waals surface area contributed by atoms with Crippen LogP contribution in [0.3, 0.4) is 0 Å². The molecule has 3 aliphatic rings. The second-order valence-electron chi connectivity index (χ2n) is 7.72. The van der Waals surface area contributed by atoms with E-state index in [0.29, 0.717) is 11.5 Å². The fourth-order valence-electron chi connectivity index (χ4n) is 3.64. The fraction of sp³-hybridized carbons (Fsp3) is 0.882. The Morgan fingerprint density at radius 2 is 2.04 bits per heavy atom. The molecule has 0 bridgehead atoms. The van der Waals surface area contributed by atoms with Crippen molar-refractivity contribution >= 4 is 35.8 Å². The number of amides is 1. The molecule has 3 rings (SSSR count). The number of nitrogens with one attached hydrogen (secondary N) is 1. The second-order valence-corrected chi connectivity index (χ2v) is 7.72. The normalized spacial score (nSPS) is 24.0. The lowest BCUT2D eigenvalue weighted by atomic mass is 9.68. The van der Waals surface area contributed by atoms with Crippen LogP contribution in [0.5, 0.6) is 0 Å². The SMILES string of the molecule is CC(NC(=NCC(=O)N(C)C)N1CCC2(CCC2)C1)C1CC1.I. The number of rotatable bonds is 4. The van der Waals surface area contributed by atoms with Crippen molar-refractivity contribution in [2.24, 2.45) is 16.3 Å². The smallest absolute Gasteiger partial charge is 0.243 e. The molecule has 23 heavy (non-hydrogen) atoms. The monoisotopic (exact) mass is 434 g/mol. The van der Waals surface area contributed by atoms with Crippen molar-refractivity contribution in [3.05, 3.63) is 0 Å². The molecule has 132 valence electrons. The molecule has 5 nitrogen and oxygen atoms in total. The van der Waals surface area contributed by atoms with Gasteiger partial charge >= 0.3 is 0 Å². The minimum atomic E-state index is 0. The zero-order chi connectivity index (χ0) is 15.7. The van der Waals surface area contributed by atoms with Crippen molar-refractivity contribution < 1.29 is 4.79 Å². The summed E-state index contributed by atoms with van der Waals surface area (Å²) in [5.41, 5.74) is 0.552. The zero-order valence-electron chi connectivity index (χ0n) is 14.7. The van der Waals surface area contributed by atoms with Gasteiger partial charge in [-0.3, -0.25) is 4.79 Å². The predicted molar refractivity (Wildman–Crippen MR) is 104 cm³/mol. The highest BCUT2D eigenvalue weighted by Gasteiger charge is 2.44. The first-order valence-corrected chi connectivity index (χ1v) is 8.75. The van der Waals surface area contributed by atoms with Crippen LogP contribution in [0.4, 0.5) is 0 Å². The first-order valence-electron chi connectivity index (χ1n) is 8.75. The van der Waals surface area contributed by atoms with Gasteiger partial charge in [0.1, 0.15) is 6.54 Å². The van der Waals surface area contributed by atoms with Crippen LogP contribution < -0.4 is 5.32 Å². The molecule has 1 atom stereocenters. The molecule has 1 amide bonds. The first kappa shape index (κ1) is 18.8. The largest absolute Gasteiger partial charge is 0.353 e. The van der Waals surface area contributed by atoms with E-state index in [1.165, 1.54) is 38.5 Å². The van der Waals surface area contributed by atoms with Gasteiger partial charge in [0.15, 0.2) is 5.96 Å². The van der Waals surface area contributed by atoms with Crippen LogP contribution in [0.2, 0.25) is 0 Å². The molecule has 3 fully saturated rings. The van der Waals surface area contributed by atoms with Gasteiger partial charge in [-0.15, -0.1) is 24.0 Å². The molecule has 1 heterocycles. The highest BCUT2D eigenvalue weighted by atomic mass is 127. The van der Waals surface area contributed by atoms with Gasteiger partial charge < -0.3 is 15.1 Å². The van der Waals surface area contributed by atoms with Gasteiger partial charge in [-0.25, -0.2) is 4.99 Å². The number of hydrogen-bond donors (Lipinski definition) is 1. The number of likely N-dealkylation sites (tertiary alicyclic amines) is 1. The van der Waals surface area contributed by atoms with Crippen LogP contribution in [0.15, 0.2) is 4.99 Å². The maximum absolute atomic E-state index is 11.9. The van der Waals surface area contributed by atoms with E-state index in [2.05, 4.69) is 22.1 Å². The summed E-state index contributed by atoms with van der Waals surface area (Å²) in [6.07, 6.45) is 8.04. The summed E-state index contributed by atoms with van der Waals surface area (Å²) >= 11 is 0. The molecule has 1 saturated heterocycles.